The molecule has 6 aromatic carbocycles. The van der Waals surface area contributed by atoms with Gasteiger partial charge in [-0.05, 0) is 134 Å². The predicted octanol–water partition coefficient (Wildman–Crippen LogP) is 16.6. The van der Waals surface area contributed by atoms with E-state index in [1.165, 1.54) is 23.3 Å². The number of rotatable bonds is 26. The minimum atomic E-state index is -1.37. The number of benzene rings is 6. The summed E-state index contributed by atoms with van der Waals surface area (Å²) in [7, 11) is 0. The first-order valence-corrected chi connectivity index (χ1v) is 33.3. The van der Waals surface area contributed by atoms with Gasteiger partial charge in [0.1, 0.15) is 6.04 Å². The first-order valence-electron chi connectivity index (χ1n) is 31.8. The number of hydrogen-bond donors (Lipinski definition) is 3. The van der Waals surface area contributed by atoms with Gasteiger partial charge in [-0.1, -0.05) is 198 Å². The molecule has 2 saturated heterocycles. The molecule has 0 spiro atoms. The van der Waals surface area contributed by atoms with Crippen LogP contribution < -0.4 is 0 Å². The van der Waals surface area contributed by atoms with Crippen molar-refractivity contribution in [3.8, 4) is 35.5 Å². The number of carbonyl (C=O) groups is 4. The molecule has 2 aliphatic rings. The Morgan fingerprint density at radius 2 is 1.03 bits per heavy atom. The van der Waals surface area contributed by atoms with Gasteiger partial charge >= 0.3 is 50.9 Å². The van der Waals surface area contributed by atoms with Crippen molar-refractivity contribution in [3.05, 3.63) is 219 Å². The Balaban J connectivity index is 0.000000385. The molecule has 1 amide bonds. The summed E-state index contributed by atoms with van der Waals surface area (Å²) >= 11 is 2.36. The Morgan fingerprint density at radius 1 is 0.589 bits per heavy atom. The fourth-order valence-corrected chi connectivity index (χ4v) is 10.7. The molecular weight excluding hydrogens is 1400 g/mol. The molecule has 15 nitrogen and oxygen atoms in total. The second-order valence-corrected chi connectivity index (χ2v) is 24.4. The molecular formula is C77H89IN7Ni2O8+3. The van der Waals surface area contributed by atoms with Crippen LogP contribution in [0.2, 0.25) is 0 Å². The number of nitroso groups, excluding NO2 is 1. The molecule has 2 aliphatic heterocycles. The standard InChI is InChI=1S/C33H36N4O3.C28H29N3O3.C10H16O2.C6H9I.2Ni/c1-3-4-5-14-23-33(2,32(38)39)34-31(27-18-10-7-11-19-27)28-20-12-13-21-29(28)35-37(40)30-22-15-24-36(30)25-26-16-8-6-9-17-26;1-20(28(33)34)29-26(22-13-6-3-7-14-22)23-15-8-9-16-24(23)30-27(32)25-17-10-18-31(25)19-21-11-4-2-5-12-21;1-4-5-6-7-8-10(2,3)9(11)12;1-2-3-4-5-6-7;;/h6-13,16-21,30H,5,14-15,22-25H2,1-2H3,(H,38,39);2-9,11-16,20,25H,10,17-19H2,1H3,(H2,29,30,32,33,34);6-8H2,1-3H3,(H,11,12);4-6H2,1H3;;/q;;;;2*+2/p-1/t30?,33-;20-,25?;;;;/m11..../s1. The number of hydrogen-bond acceptors (Lipinski definition) is 9. The molecule has 0 aliphatic carbocycles. The molecule has 2 unspecified atom stereocenters. The number of likely N-dealkylation sites (tertiary alicyclic amines) is 2. The Kier molecular flexibility index (Phi) is 37.8. The van der Waals surface area contributed by atoms with Gasteiger partial charge in [0.05, 0.1) is 28.8 Å². The Hall–Kier alpha value is -7.74. The van der Waals surface area contributed by atoms with Crippen LogP contribution in [-0.2, 0) is 65.3 Å². The van der Waals surface area contributed by atoms with Crippen LogP contribution >= 0.6 is 22.6 Å². The minimum absolute atomic E-state index is 0. The fourth-order valence-electron chi connectivity index (χ4n) is 10.3. The van der Waals surface area contributed by atoms with Crippen LogP contribution in [0.15, 0.2) is 180 Å². The molecule has 6 aromatic rings. The number of carboxylic acids is 3. The maximum absolute atomic E-state index is 13.5. The van der Waals surface area contributed by atoms with Crippen molar-refractivity contribution in [2.75, 3.05) is 17.5 Å². The average molecular weight is 1480 g/mol. The van der Waals surface area contributed by atoms with Crippen LogP contribution in [0.4, 0.5) is 11.4 Å². The summed E-state index contributed by atoms with van der Waals surface area (Å²) in [5.74, 6) is 14.5. The number of carbonyl (C=O) groups excluding carboxylic acids is 1. The number of halogens is 1. The number of alkyl halides is 1. The van der Waals surface area contributed by atoms with Crippen molar-refractivity contribution in [2.45, 2.75) is 162 Å². The summed E-state index contributed by atoms with van der Waals surface area (Å²) in [4.78, 5) is 75.9. The third-order valence-electron chi connectivity index (χ3n) is 15.7. The van der Waals surface area contributed by atoms with Crippen molar-refractivity contribution in [3.63, 3.8) is 0 Å². The molecule has 3 N–H and O–H groups in total. The quantitative estimate of drug-likeness (QED) is 0.00684. The molecule has 2 heterocycles. The SMILES string of the molecule is CC#CCCCC(C)(C)C(=O)O.CC#CCCCI.CC#CCCC[C@@](C)(N=C(c1ccccc1)c1ccccc1[N-][N+](=O)C1CCCN1Cc1ccccc1)C(=O)O.C[C@@H](N=C(c1ccccc1)c1ccccc1[N-]C(=O)C1CCCN1Cc1ccccc1)C(=O)O.[Ni+2].[Ni+2]. The summed E-state index contributed by atoms with van der Waals surface area (Å²) in [5, 5.41) is 32.9. The molecule has 0 bridgehead atoms. The van der Waals surface area contributed by atoms with Gasteiger partial charge in [-0.3, -0.25) is 19.7 Å². The van der Waals surface area contributed by atoms with E-state index in [1.807, 2.05) is 140 Å². The number of carboxylic acid groups (broad SMARTS) is 3. The third-order valence-corrected chi connectivity index (χ3v) is 16.4. The minimum Gasteiger partial charge on any atom is -0.625 e. The van der Waals surface area contributed by atoms with Gasteiger partial charge in [-0.2, -0.15) is 0 Å². The van der Waals surface area contributed by atoms with E-state index in [0.717, 1.165) is 79.6 Å². The van der Waals surface area contributed by atoms with Crippen LogP contribution in [0.3, 0.4) is 0 Å². The molecule has 0 aromatic heterocycles. The Bertz CT molecular complexity index is 3620. The monoisotopic (exact) mass is 1480 g/mol. The van der Waals surface area contributed by atoms with Gasteiger partial charge in [0.2, 0.25) is 0 Å². The molecule has 8 rings (SSSR count). The van der Waals surface area contributed by atoms with Gasteiger partial charge < -0.3 is 30.9 Å². The zero-order chi connectivity index (χ0) is 67.4. The van der Waals surface area contributed by atoms with Gasteiger partial charge in [0, 0.05) is 65.8 Å². The van der Waals surface area contributed by atoms with Crippen LogP contribution in [-0.4, -0.2) is 107 Å². The second-order valence-electron chi connectivity index (χ2n) is 23.3. The maximum Gasteiger partial charge on any atom is 2.00 e. The zero-order valence-electron chi connectivity index (χ0n) is 55.4. The topological polar surface area (TPSA) is 208 Å². The van der Waals surface area contributed by atoms with Gasteiger partial charge in [-0.15, -0.1) is 41.2 Å². The van der Waals surface area contributed by atoms with Crippen LogP contribution in [0.5, 0.6) is 0 Å². The normalized spacial score (nSPS) is 15.2. The molecule has 0 saturated carbocycles. The number of nitrogens with zero attached hydrogens (tertiary/aromatic N) is 7. The molecule has 95 heavy (non-hydrogen) atoms. The summed E-state index contributed by atoms with van der Waals surface area (Å²) in [6.45, 7) is 15.2. The summed E-state index contributed by atoms with van der Waals surface area (Å²) in [6, 6.07) is 52.5. The summed E-state index contributed by atoms with van der Waals surface area (Å²) in [5.41, 5.74) is 9.63. The average Bonchev–Trinajstić information content (AvgIpc) is 1.19. The van der Waals surface area contributed by atoms with E-state index in [4.69, 9.17) is 10.1 Å². The molecule has 0 radical (unpaired) electrons. The first kappa shape index (κ1) is 81.5. The number of unbranched alkanes of at least 4 members (excludes halogenated alkanes) is 3. The van der Waals surface area contributed by atoms with Gasteiger partial charge in [-0.25, -0.2) is 14.5 Å². The fraction of sp³-hybridized carbons (Fsp3) is 0.377. The van der Waals surface area contributed by atoms with E-state index in [9.17, 15) is 34.3 Å². The molecule has 2 fully saturated rings. The first-order chi connectivity index (χ1) is 44.9. The summed E-state index contributed by atoms with van der Waals surface area (Å²) in [6.07, 6.45) is 9.18. The van der Waals surface area contributed by atoms with E-state index < -0.39 is 34.9 Å². The van der Waals surface area contributed by atoms with Crippen LogP contribution in [0.1, 0.15) is 159 Å². The Morgan fingerprint density at radius 3 is 1.54 bits per heavy atom. The number of amides is 1. The van der Waals surface area contributed by atoms with Gasteiger partial charge in [0.25, 0.3) is 6.17 Å². The van der Waals surface area contributed by atoms with E-state index in [1.54, 1.807) is 46.8 Å². The summed E-state index contributed by atoms with van der Waals surface area (Å²) < 4.78 is 1.23. The van der Waals surface area contributed by atoms with E-state index in [-0.39, 0.29) is 51.1 Å². The number of aliphatic carboxylic acids is 3. The van der Waals surface area contributed by atoms with Crippen LogP contribution in [0.25, 0.3) is 10.7 Å². The molecule has 4 atom stereocenters. The Labute approximate surface area is 596 Å². The second kappa shape index (κ2) is 44.1. The molecule has 18 heteroatoms. The van der Waals surface area contributed by atoms with Gasteiger partial charge in [0.15, 0.2) is 5.54 Å². The predicted molar refractivity (Wildman–Crippen MR) is 382 cm³/mol. The van der Waals surface area contributed by atoms with Crippen molar-refractivity contribution in [1.29, 1.82) is 0 Å². The number of aliphatic imine (C=N–C) groups is 2. The largest absolute Gasteiger partial charge is 2.00 e. The van der Waals surface area contributed by atoms with Crippen molar-refractivity contribution in [1.82, 2.24) is 9.80 Å². The van der Waals surface area contributed by atoms with Crippen molar-refractivity contribution < 1.29 is 72.3 Å². The smallest absolute Gasteiger partial charge is 0.625 e. The zero-order valence-corrected chi connectivity index (χ0v) is 59.6. The van der Waals surface area contributed by atoms with E-state index in [0.29, 0.717) is 72.7 Å². The maximum atomic E-state index is 13.5. The third kappa shape index (κ3) is 27.5. The van der Waals surface area contributed by atoms with E-state index >= 15 is 0 Å². The number of para-hydroxylation sites is 1. The molecule has 504 valence electrons. The van der Waals surface area contributed by atoms with Crippen LogP contribution in [0, 0.1) is 45.8 Å². The van der Waals surface area contributed by atoms with Crippen molar-refractivity contribution in [2.24, 2.45) is 15.4 Å². The van der Waals surface area contributed by atoms with Crippen molar-refractivity contribution >= 4 is 69.2 Å². The van der Waals surface area contributed by atoms with E-state index in [2.05, 4.69) is 108 Å².